The highest BCUT2D eigenvalue weighted by Crippen LogP contribution is 2.32. The number of anilines is 1. The van der Waals surface area contributed by atoms with Gasteiger partial charge in [0.25, 0.3) is 0 Å². The van der Waals surface area contributed by atoms with E-state index in [0.29, 0.717) is 19.2 Å². The highest BCUT2D eigenvalue weighted by atomic mass is 16.5. The van der Waals surface area contributed by atoms with Gasteiger partial charge in [-0.25, -0.2) is 0 Å². The zero-order chi connectivity index (χ0) is 18.5. The van der Waals surface area contributed by atoms with Crippen molar-refractivity contribution in [1.29, 1.82) is 0 Å². The molecule has 1 aromatic heterocycles. The van der Waals surface area contributed by atoms with Gasteiger partial charge in [0.2, 0.25) is 0 Å². The summed E-state index contributed by atoms with van der Waals surface area (Å²) < 4.78 is 7.84. The summed E-state index contributed by atoms with van der Waals surface area (Å²) in [5.74, 6) is 0.995. The van der Waals surface area contributed by atoms with E-state index in [1.165, 1.54) is 37.8 Å². The molecule has 0 bridgehead atoms. The lowest BCUT2D eigenvalue weighted by molar-refractivity contribution is 0.101. The van der Waals surface area contributed by atoms with E-state index in [-0.39, 0.29) is 5.78 Å². The van der Waals surface area contributed by atoms with Crippen LogP contribution in [0.2, 0.25) is 0 Å². The Morgan fingerprint density at radius 1 is 1.15 bits per heavy atom. The van der Waals surface area contributed by atoms with Crippen LogP contribution in [0, 0.1) is 13.8 Å². The average molecular weight is 354 g/mol. The van der Waals surface area contributed by atoms with E-state index in [4.69, 9.17) is 4.74 Å². The molecule has 1 aliphatic carbocycles. The van der Waals surface area contributed by atoms with E-state index < -0.39 is 0 Å². The zero-order valence-electron chi connectivity index (χ0n) is 16.2. The zero-order valence-corrected chi connectivity index (χ0v) is 16.2. The van der Waals surface area contributed by atoms with Crippen LogP contribution in [0.25, 0.3) is 0 Å². The monoisotopic (exact) mass is 354 g/mol. The minimum absolute atomic E-state index is 0.147. The molecule has 0 spiro atoms. The van der Waals surface area contributed by atoms with Crippen molar-refractivity contribution < 1.29 is 9.53 Å². The van der Waals surface area contributed by atoms with Crippen LogP contribution < -0.4 is 10.1 Å². The number of hydrogen-bond acceptors (Lipinski definition) is 3. The van der Waals surface area contributed by atoms with Gasteiger partial charge in [-0.05, 0) is 63.9 Å². The number of ether oxygens (including phenoxy) is 1. The number of ketones is 1. The molecule has 1 aromatic carbocycles. The van der Waals surface area contributed by atoms with Gasteiger partial charge in [0.05, 0.1) is 13.2 Å². The van der Waals surface area contributed by atoms with Gasteiger partial charge in [0.1, 0.15) is 5.75 Å². The summed E-state index contributed by atoms with van der Waals surface area (Å²) in [6.07, 6.45) is 6.39. The van der Waals surface area contributed by atoms with Crippen LogP contribution in [-0.4, -0.2) is 23.5 Å². The van der Waals surface area contributed by atoms with Gasteiger partial charge in [-0.2, -0.15) is 0 Å². The van der Waals surface area contributed by atoms with Crippen molar-refractivity contribution in [3.05, 3.63) is 47.3 Å². The van der Waals surface area contributed by atoms with Gasteiger partial charge in [-0.15, -0.1) is 0 Å². The number of rotatable bonds is 7. The maximum absolute atomic E-state index is 12.8. The summed E-state index contributed by atoms with van der Waals surface area (Å²) in [6.45, 7) is 7.14. The van der Waals surface area contributed by atoms with Crippen molar-refractivity contribution in [2.45, 2.75) is 58.9 Å². The number of benzene rings is 1. The first-order valence-electron chi connectivity index (χ1n) is 9.78. The molecule has 2 aromatic rings. The molecular weight excluding hydrogens is 324 g/mol. The Hall–Kier alpha value is -2.23. The summed E-state index contributed by atoms with van der Waals surface area (Å²) in [5, 5.41) is 3.23. The number of hydrogen-bond donors (Lipinski definition) is 1. The first kappa shape index (κ1) is 18.6. The minimum Gasteiger partial charge on any atom is -0.494 e. The number of aromatic nitrogens is 1. The largest absolute Gasteiger partial charge is 0.494 e. The van der Waals surface area contributed by atoms with Crippen LogP contribution in [0.1, 0.15) is 66.8 Å². The predicted molar refractivity (Wildman–Crippen MR) is 106 cm³/mol. The van der Waals surface area contributed by atoms with Crippen LogP contribution in [0.15, 0.2) is 30.3 Å². The molecule has 1 aliphatic rings. The molecule has 0 saturated heterocycles. The average Bonchev–Trinajstić information content (AvgIpc) is 2.96. The Kier molecular flexibility index (Phi) is 6.02. The SMILES string of the molecule is CCOc1ccc(NCC(=O)c2cc(C)n(C3CCCCC3)c2C)cc1. The number of carbonyl (C=O) groups is 1. The van der Waals surface area contributed by atoms with Crippen LogP contribution in [-0.2, 0) is 0 Å². The molecule has 0 atom stereocenters. The molecule has 0 amide bonds. The third kappa shape index (κ3) is 4.12. The molecule has 3 rings (SSSR count). The van der Waals surface area contributed by atoms with Gasteiger partial charge in [-0.1, -0.05) is 19.3 Å². The second-order valence-corrected chi connectivity index (χ2v) is 7.18. The molecule has 1 fully saturated rings. The van der Waals surface area contributed by atoms with Crippen LogP contribution in [0.4, 0.5) is 5.69 Å². The summed E-state index contributed by atoms with van der Waals surface area (Å²) in [7, 11) is 0. The smallest absolute Gasteiger partial charge is 0.183 e. The quantitative estimate of drug-likeness (QED) is 0.686. The maximum Gasteiger partial charge on any atom is 0.183 e. The summed E-state index contributed by atoms with van der Waals surface area (Å²) in [4.78, 5) is 12.8. The second-order valence-electron chi connectivity index (χ2n) is 7.18. The molecule has 1 N–H and O–H groups in total. The molecule has 4 nitrogen and oxygen atoms in total. The van der Waals surface area contributed by atoms with E-state index in [0.717, 1.165) is 22.7 Å². The van der Waals surface area contributed by atoms with E-state index >= 15 is 0 Å². The Labute approximate surface area is 156 Å². The normalized spacial score (nSPS) is 15.0. The topological polar surface area (TPSA) is 43.3 Å². The lowest BCUT2D eigenvalue weighted by Crippen LogP contribution is -2.17. The second kappa shape index (κ2) is 8.43. The maximum atomic E-state index is 12.8. The lowest BCUT2D eigenvalue weighted by atomic mass is 9.95. The minimum atomic E-state index is 0.147. The van der Waals surface area contributed by atoms with Crippen molar-refractivity contribution in [3.63, 3.8) is 0 Å². The van der Waals surface area contributed by atoms with E-state index in [2.05, 4.69) is 29.8 Å². The van der Waals surface area contributed by atoms with Crippen LogP contribution in [0.5, 0.6) is 5.75 Å². The third-order valence-corrected chi connectivity index (χ3v) is 5.34. The first-order chi connectivity index (χ1) is 12.6. The van der Waals surface area contributed by atoms with E-state index in [1.54, 1.807) is 0 Å². The molecule has 4 heteroatoms. The van der Waals surface area contributed by atoms with Crippen molar-refractivity contribution >= 4 is 11.5 Å². The summed E-state index contributed by atoms with van der Waals surface area (Å²) in [5.41, 5.74) is 4.11. The fourth-order valence-corrected chi connectivity index (χ4v) is 4.07. The summed E-state index contributed by atoms with van der Waals surface area (Å²) in [6, 6.07) is 10.4. The van der Waals surface area contributed by atoms with Crippen molar-refractivity contribution in [1.82, 2.24) is 4.57 Å². The van der Waals surface area contributed by atoms with E-state index in [1.807, 2.05) is 31.2 Å². The Bertz CT molecular complexity index is 740. The number of aryl methyl sites for hydroxylation is 1. The van der Waals surface area contributed by atoms with Gasteiger partial charge < -0.3 is 14.6 Å². The van der Waals surface area contributed by atoms with Crippen LogP contribution in [0.3, 0.4) is 0 Å². The highest BCUT2D eigenvalue weighted by Gasteiger charge is 2.22. The van der Waals surface area contributed by atoms with Crippen molar-refractivity contribution in [2.24, 2.45) is 0 Å². The van der Waals surface area contributed by atoms with E-state index in [9.17, 15) is 4.79 Å². The Morgan fingerprint density at radius 3 is 2.50 bits per heavy atom. The molecule has 26 heavy (non-hydrogen) atoms. The standard InChI is InChI=1S/C22H30N2O2/c1-4-26-20-12-10-18(11-13-20)23-15-22(25)21-14-16(2)24(17(21)3)19-8-6-5-7-9-19/h10-14,19,23H,4-9,15H2,1-3H3. The molecule has 1 heterocycles. The highest BCUT2D eigenvalue weighted by molar-refractivity contribution is 6.00. The van der Waals surface area contributed by atoms with Crippen molar-refractivity contribution in [2.75, 3.05) is 18.5 Å². The van der Waals surface area contributed by atoms with Crippen LogP contribution >= 0.6 is 0 Å². The van der Waals surface area contributed by atoms with Gasteiger partial charge in [-0.3, -0.25) is 4.79 Å². The van der Waals surface area contributed by atoms with Gasteiger partial charge in [0, 0.05) is 28.7 Å². The summed E-state index contributed by atoms with van der Waals surface area (Å²) >= 11 is 0. The number of nitrogens with zero attached hydrogens (tertiary/aromatic N) is 1. The predicted octanol–water partition coefficient (Wildman–Crippen LogP) is 5.30. The number of nitrogens with one attached hydrogen (secondary N) is 1. The van der Waals surface area contributed by atoms with Crippen molar-refractivity contribution in [3.8, 4) is 5.75 Å². The van der Waals surface area contributed by atoms with Gasteiger partial charge >= 0.3 is 0 Å². The third-order valence-electron chi connectivity index (χ3n) is 5.34. The number of Topliss-reactive ketones (excluding diaryl/α,β-unsaturated/α-hetero) is 1. The number of carbonyl (C=O) groups excluding carboxylic acids is 1. The molecular formula is C22H30N2O2. The fraction of sp³-hybridized carbons (Fsp3) is 0.500. The molecule has 0 unspecified atom stereocenters. The molecule has 140 valence electrons. The molecule has 1 saturated carbocycles. The first-order valence-corrected chi connectivity index (χ1v) is 9.78. The Balaban J connectivity index is 1.66. The Morgan fingerprint density at radius 2 is 1.85 bits per heavy atom. The fourth-order valence-electron chi connectivity index (χ4n) is 4.07. The van der Waals surface area contributed by atoms with Gasteiger partial charge in [0.15, 0.2) is 5.78 Å². The molecule has 0 aliphatic heterocycles. The molecule has 0 radical (unpaired) electrons. The lowest BCUT2D eigenvalue weighted by Gasteiger charge is -2.26.